The molecular formula is C17H10O3. The molecule has 3 aromatic carbocycles. The quantitative estimate of drug-likeness (QED) is 0.536. The van der Waals surface area contributed by atoms with Crippen LogP contribution in [-0.4, -0.2) is 18.9 Å². The fourth-order valence-corrected chi connectivity index (χ4v) is 2.55. The second kappa shape index (κ2) is 4.70. The number of hydrogen-bond donors (Lipinski definition) is 0. The van der Waals surface area contributed by atoms with Gasteiger partial charge < -0.3 is 0 Å². The molecule has 0 aliphatic heterocycles. The van der Waals surface area contributed by atoms with Crippen molar-refractivity contribution >= 4 is 40.4 Å². The molecule has 0 bridgehead atoms. The highest BCUT2D eigenvalue weighted by atomic mass is 16.1. The topological polar surface area (TPSA) is 51.2 Å². The smallest absolute Gasteiger partial charge is 0.151 e. The normalized spacial score (nSPS) is 10.6. The molecule has 0 atom stereocenters. The first-order chi connectivity index (χ1) is 9.78. The van der Waals surface area contributed by atoms with Gasteiger partial charge >= 0.3 is 0 Å². The van der Waals surface area contributed by atoms with E-state index in [0.29, 0.717) is 27.5 Å². The largest absolute Gasteiger partial charge is 0.298 e. The van der Waals surface area contributed by atoms with E-state index in [9.17, 15) is 14.4 Å². The van der Waals surface area contributed by atoms with E-state index in [-0.39, 0.29) is 0 Å². The van der Waals surface area contributed by atoms with Gasteiger partial charge in [0.2, 0.25) is 0 Å². The Morgan fingerprint density at radius 2 is 1.60 bits per heavy atom. The number of hydrogen-bond acceptors (Lipinski definition) is 3. The maximum absolute atomic E-state index is 11.5. The Hall–Kier alpha value is -2.81. The highest BCUT2D eigenvalue weighted by Gasteiger charge is 2.11. The van der Waals surface area contributed by atoms with Gasteiger partial charge in [0.15, 0.2) is 12.6 Å². The summed E-state index contributed by atoms with van der Waals surface area (Å²) >= 11 is 0. The molecule has 0 saturated heterocycles. The van der Waals surface area contributed by atoms with Crippen LogP contribution in [-0.2, 0) is 0 Å². The zero-order valence-corrected chi connectivity index (χ0v) is 10.5. The van der Waals surface area contributed by atoms with Crippen molar-refractivity contribution in [2.75, 3.05) is 0 Å². The highest BCUT2D eigenvalue weighted by Crippen LogP contribution is 2.29. The summed E-state index contributed by atoms with van der Waals surface area (Å²) in [6.45, 7) is 0. The Bertz CT molecular complexity index is 863. The van der Waals surface area contributed by atoms with Gasteiger partial charge in [0.05, 0.1) is 0 Å². The summed E-state index contributed by atoms with van der Waals surface area (Å²) in [5.74, 6) is 0. The minimum Gasteiger partial charge on any atom is -0.298 e. The van der Waals surface area contributed by atoms with Gasteiger partial charge in [-0.3, -0.25) is 14.4 Å². The van der Waals surface area contributed by atoms with E-state index in [0.717, 1.165) is 29.6 Å². The van der Waals surface area contributed by atoms with Crippen LogP contribution in [0.3, 0.4) is 0 Å². The molecule has 0 spiro atoms. The third kappa shape index (κ3) is 1.72. The predicted molar refractivity (Wildman–Crippen MR) is 77.6 cm³/mol. The van der Waals surface area contributed by atoms with Gasteiger partial charge in [0.1, 0.15) is 6.29 Å². The number of fused-ring (bicyclic) bond motifs is 2. The van der Waals surface area contributed by atoms with Gasteiger partial charge in [-0.2, -0.15) is 0 Å². The van der Waals surface area contributed by atoms with Crippen LogP contribution in [0.2, 0.25) is 0 Å². The molecule has 0 amide bonds. The molecular weight excluding hydrogens is 252 g/mol. The van der Waals surface area contributed by atoms with E-state index in [1.54, 1.807) is 30.3 Å². The van der Waals surface area contributed by atoms with Crippen molar-refractivity contribution in [2.24, 2.45) is 0 Å². The Morgan fingerprint density at radius 1 is 0.750 bits per heavy atom. The third-order valence-corrected chi connectivity index (χ3v) is 3.46. The summed E-state index contributed by atoms with van der Waals surface area (Å²) in [4.78, 5) is 33.6. The van der Waals surface area contributed by atoms with E-state index in [2.05, 4.69) is 0 Å². The first-order valence-corrected chi connectivity index (χ1v) is 6.13. The summed E-state index contributed by atoms with van der Waals surface area (Å²) in [7, 11) is 0. The Balaban J connectivity index is 2.58. The van der Waals surface area contributed by atoms with E-state index in [4.69, 9.17) is 0 Å². The lowest BCUT2D eigenvalue weighted by atomic mass is 9.93. The van der Waals surface area contributed by atoms with Crippen molar-refractivity contribution in [2.45, 2.75) is 0 Å². The maximum atomic E-state index is 11.5. The number of carbonyl (C=O) groups is 3. The monoisotopic (exact) mass is 262 g/mol. The second-order valence-electron chi connectivity index (χ2n) is 4.57. The highest BCUT2D eigenvalue weighted by molar-refractivity contribution is 6.16. The average molecular weight is 262 g/mol. The zero-order valence-electron chi connectivity index (χ0n) is 10.5. The Kier molecular flexibility index (Phi) is 2.88. The number of benzene rings is 3. The maximum Gasteiger partial charge on any atom is 0.151 e. The molecule has 0 radical (unpaired) electrons. The molecule has 96 valence electrons. The van der Waals surface area contributed by atoms with Crippen molar-refractivity contribution in [3.63, 3.8) is 0 Å². The van der Waals surface area contributed by atoms with Gasteiger partial charge in [-0.25, -0.2) is 0 Å². The summed E-state index contributed by atoms with van der Waals surface area (Å²) in [6.07, 6.45) is 2.22. The first kappa shape index (κ1) is 12.2. The van der Waals surface area contributed by atoms with Crippen molar-refractivity contribution in [3.05, 3.63) is 59.2 Å². The fourth-order valence-electron chi connectivity index (χ4n) is 2.55. The van der Waals surface area contributed by atoms with Crippen LogP contribution in [0.25, 0.3) is 21.5 Å². The van der Waals surface area contributed by atoms with Gasteiger partial charge in [-0.05, 0) is 28.3 Å². The average Bonchev–Trinajstić information content (AvgIpc) is 2.51. The minimum absolute atomic E-state index is 0.448. The van der Waals surface area contributed by atoms with E-state index in [1.807, 2.05) is 12.1 Å². The van der Waals surface area contributed by atoms with Crippen LogP contribution >= 0.6 is 0 Å². The second-order valence-corrected chi connectivity index (χ2v) is 4.57. The SMILES string of the molecule is O=Cc1ccc2cc3cccc(C=O)c3c(C=O)c2c1. The Morgan fingerprint density at radius 3 is 2.30 bits per heavy atom. The Labute approximate surface area is 114 Å². The van der Waals surface area contributed by atoms with Crippen LogP contribution in [0, 0.1) is 0 Å². The van der Waals surface area contributed by atoms with Crippen molar-refractivity contribution in [1.29, 1.82) is 0 Å². The third-order valence-electron chi connectivity index (χ3n) is 3.46. The lowest BCUT2D eigenvalue weighted by molar-refractivity contribution is 0.111. The van der Waals surface area contributed by atoms with Crippen LogP contribution in [0.15, 0.2) is 42.5 Å². The summed E-state index contributed by atoms with van der Waals surface area (Å²) in [5.41, 5.74) is 1.43. The fraction of sp³-hybridized carbons (Fsp3) is 0. The number of carbonyl (C=O) groups excluding carboxylic acids is 3. The molecule has 0 saturated carbocycles. The van der Waals surface area contributed by atoms with Crippen LogP contribution in [0.1, 0.15) is 31.1 Å². The molecule has 0 aliphatic carbocycles. The lowest BCUT2D eigenvalue weighted by Gasteiger charge is -2.09. The molecule has 3 rings (SSSR count). The van der Waals surface area contributed by atoms with Gasteiger partial charge in [-0.15, -0.1) is 0 Å². The van der Waals surface area contributed by atoms with E-state index < -0.39 is 0 Å². The van der Waals surface area contributed by atoms with Gasteiger partial charge in [0, 0.05) is 22.1 Å². The molecule has 0 aromatic heterocycles. The molecule has 3 aromatic rings. The molecule has 3 nitrogen and oxygen atoms in total. The summed E-state index contributed by atoms with van der Waals surface area (Å²) in [5, 5.41) is 3.02. The predicted octanol–water partition coefficient (Wildman–Crippen LogP) is 3.43. The molecule has 0 aliphatic rings. The van der Waals surface area contributed by atoms with Crippen molar-refractivity contribution in [1.82, 2.24) is 0 Å². The van der Waals surface area contributed by atoms with Crippen molar-refractivity contribution < 1.29 is 14.4 Å². The summed E-state index contributed by atoms with van der Waals surface area (Å²) in [6, 6.07) is 12.4. The van der Waals surface area contributed by atoms with Gasteiger partial charge in [-0.1, -0.05) is 30.3 Å². The number of aldehydes is 3. The van der Waals surface area contributed by atoms with Crippen molar-refractivity contribution in [3.8, 4) is 0 Å². The van der Waals surface area contributed by atoms with Crippen LogP contribution < -0.4 is 0 Å². The molecule has 0 unspecified atom stereocenters. The van der Waals surface area contributed by atoms with Crippen LogP contribution in [0.5, 0.6) is 0 Å². The first-order valence-electron chi connectivity index (χ1n) is 6.13. The zero-order chi connectivity index (χ0) is 14.1. The minimum atomic E-state index is 0.448. The molecule has 3 heteroatoms. The molecule has 0 heterocycles. The molecule has 0 N–H and O–H groups in total. The van der Waals surface area contributed by atoms with Crippen LogP contribution in [0.4, 0.5) is 0 Å². The van der Waals surface area contributed by atoms with E-state index >= 15 is 0 Å². The van der Waals surface area contributed by atoms with Gasteiger partial charge in [0.25, 0.3) is 0 Å². The molecule has 0 fully saturated rings. The standard InChI is InChI=1S/C17H10O3/c18-8-11-4-5-12-7-13-2-1-3-14(9-19)17(13)16(10-20)15(12)6-11/h1-10H. The number of rotatable bonds is 3. The summed E-state index contributed by atoms with van der Waals surface area (Å²) < 4.78 is 0. The van der Waals surface area contributed by atoms with E-state index in [1.165, 1.54) is 0 Å². The molecule has 20 heavy (non-hydrogen) atoms. The lowest BCUT2D eigenvalue weighted by Crippen LogP contribution is -1.93.